The first-order valence-corrected chi connectivity index (χ1v) is 12.0. The molecule has 26 heavy (non-hydrogen) atoms. The van der Waals surface area contributed by atoms with Gasteiger partial charge in [-0.05, 0) is 39.3 Å². The Kier molecular flexibility index (Phi) is 2.54. The average molecular weight is 351 g/mol. The van der Waals surface area contributed by atoms with Crippen molar-refractivity contribution in [1.29, 1.82) is 0 Å². The van der Waals surface area contributed by atoms with Gasteiger partial charge in [-0.1, -0.05) is 55.6 Å². The summed E-state index contributed by atoms with van der Waals surface area (Å²) in [4.78, 5) is 4.83. The van der Waals surface area contributed by atoms with Gasteiger partial charge in [0.15, 0.2) is 0 Å². The summed E-state index contributed by atoms with van der Waals surface area (Å²) >= 11 is 0. The summed E-state index contributed by atoms with van der Waals surface area (Å²) in [6.07, 6.45) is 1.87. The molecule has 0 bridgehead atoms. The Bertz CT molecular complexity index is 1360. The predicted octanol–water partition coefficient (Wildman–Crippen LogP) is 4.94. The molecule has 0 atom stereocenters. The Morgan fingerprint density at radius 3 is 2.38 bits per heavy atom. The molecule has 6 rings (SSSR count). The summed E-state index contributed by atoms with van der Waals surface area (Å²) in [5.74, 6) is 0. The molecular formula is C23H17NOSi. The molecule has 2 nitrogen and oxygen atoms in total. The molecule has 124 valence electrons. The lowest BCUT2D eigenvalue weighted by Crippen LogP contribution is -2.53. The van der Waals surface area contributed by atoms with Crippen molar-refractivity contribution in [3.63, 3.8) is 0 Å². The zero-order valence-corrected chi connectivity index (χ0v) is 15.7. The van der Waals surface area contributed by atoms with Crippen molar-refractivity contribution in [3.8, 4) is 11.3 Å². The number of nitrogens with zero attached hydrogens (tertiary/aromatic N) is 1. The van der Waals surface area contributed by atoms with Crippen molar-refractivity contribution in [2.45, 2.75) is 13.1 Å². The van der Waals surface area contributed by atoms with Gasteiger partial charge in [-0.3, -0.25) is 4.98 Å². The van der Waals surface area contributed by atoms with E-state index in [1.807, 2.05) is 12.3 Å². The molecule has 0 aliphatic carbocycles. The minimum atomic E-state index is -1.92. The normalized spacial score (nSPS) is 14.8. The van der Waals surface area contributed by atoms with E-state index < -0.39 is 8.07 Å². The molecule has 1 aliphatic rings. The quantitative estimate of drug-likeness (QED) is 0.369. The number of hydrogen-bond acceptors (Lipinski definition) is 2. The van der Waals surface area contributed by atoms with Crippen LogP contribution in [0.15, 0.2) is 71.3 Å². The van der Waals surface area contributed by atoms with Gasteiger partial charge in [0.1, 0.15) is 19.2 Å². The molecule has 3 heterocycles. The van der Waals surface area contributed by atoms with Crippen LogP contribution in [0.2, 0.25) is 13.1 Å². The van der Waals surface area contributed by atoms with E-state index in [2.05, 4.69) is 67.7 Å². The molecule has 3 aromatic carbocycles. The SMILES string of the molecule is C[Si]1(C)c2cc3ccccc3cc2-c2nccc3oc4cccc1c4c23. The molecule has 0 spiro atoms. The molecule has 2 aromatic heterocycles. The van der Waals surface area contributed by atoms with Crippen LogP contribution in [0, 0.1) is 0 Å². The molecule has 0 radical (unpaired) electrons. The van der Waals surface area contributed by atoms with Gasteiger partial charge in [-0.25, -0.2) is 0 Å². The van der Waals surface area contributed by atoms with Gasteiger partial charge in [0.05, 0.1) is 11.1 Å². The number of rotatable bonds is 0. The fraction of sp³-hybridized carbons (Fsp3) is 0.0870. The van der Waals surface area contributed by atoms with Crippen molar-refractivity contribution in [3.05, 3.63) is 66.9 Å². The minimum absolute atomic E-state index is 0.934. The Balaban J connectivity index is 1.92. The number of fused-ring (bicyclic) bond motifs is 3. The minimum Gasteiger partial charge on any atom is -0.456 e. The van der Waals surface area contributed by atoms with Gasteiger partial charge in [0.2, 0.25) is 0 Å². The topological polar surface area (TPSA) is 26.0 Å². The third-order valence-corrected chi connectivity index (χ3v) is 9.42. The van der Waals surface area contributed by atoms with Gasteiger partial charge in [-0.2, -0.15) is 0 Å². The second-order valence-corrected chi connectivity index (χ2v) is 12.0. The summed E-state index contributed by atoms with van der Waals surface area (Å²) in [6, 6.07) is 21.8. The Morgan fingerprint density at radius 1 is 0.769 bits per heavy atom. The lowest BCUT2D eigenvalue weighted by molar-refractivity contribution is 0.668. The number of pyridine rings is 1. The van der Waals surface area contributed by atoms with Gasteiger partial charge < -0.3 is 4.42 Å². The monoisotopic (exact) mass is 351 g/mol. The fourth-order valence-electron chi connectivity index (χ4n) is 4.59. The number of furan rings is 1. The third-order valence-electron chi connectivity index (χ3n) is 5.90. The van der Waals surface area contributed by atoms with E-state index >= 15 is 0 Å². The lowest BCUT2D eigenvalue weighted by atomic mass is 10.0. The first kappa shape index (κ1) is 14.3. The highest BCUT2D eigenvalue weighted by Crippen LogP contribution is 2.38. The van der Waals surface area contributed by atoms with Gasteiger partial charge >= 0.3 is 0 Å². The van der Waals surface area contributed by atoms with Crippen LogP contribution in [-0.2, 0) is 0 Å². The summed E-state index contributed by atoms with van der Waals surface area (Å²) in [6.45, 7) is 4.89. The number of benzene rings is 3. The van der Waals surface area contributed by atoms with Crippen molar-refractivity contribution in [2.75, 3.05) is 0 Å². The zero-order chi connectivity index (χ0) is 17.5. The maximum atomic E-state index is 6.19. The van der Waals surface area contributed by atoms with Crippen molar-refractivity contribution >= 4 is 51.2 Å². The highest BCUT2D eigenvalue weighted by atomic mass is 28.3. The second kappa shape index (κ2) is 4.62. The zero-order valence-electron chi connectivity index (χ0n) is 14.7. The van der Waals surface area contributed by atoms with Gasteiger partial charge in [0, 0.05) is 17.1 Å². The molecule has 0 saturated heterocycles. The summed E-state index contributed by atoms with van der Waals surface area (Å²) in [5.41, 5.74) is 4.24. The summed E-state index contributed by atoms with van der Waals surface area (Å²) in [7, 11) is -1.92. The second-order valence-electron chi connectivity index (χ2n) is 7.68. The molecule has 0 fully saturated rings. The van der Waals surface area contributed by atoms with Gasteiger partial charge in [0.25, 0.3) is 0 Å². The molecule has 0 N–H and O–H groups in total. The first-order valence-electron chi connectivity index (χ1n) is 8.99. The van der Waals surface area contributed by atoms with Crippen molar-refractivity contribution in [1.82, 2.24) is 4.98 Å². The molecule has 0 saturated carbocycles. The van der Waals surface area contributed by atoms with Crippen LogP contribution in [0.25, 0.3) is 44.0 Å². The molecule has 0 amide bonds. The molecule has 0 unspecified atom stereocenters. The van der Waals surface area contributed by atoms with Crippen LogP contribution >= 0.6 is 0 Å². The van der Waals surface area contributed by atoms with E-state index in [4.69, 9.17) is 9.40 Å². The fourth-order valence-corrected chi connectivity index (χ4v) is 7.64. The summed E-state index contributed by atoms with van der Waals surface area (Å²) < 4.78 is 6.19. The van der Waals surface area contributed by atoms with Crippen molar-refractivity contribution in [2.24, 2.45) is 0 Å². The van der Waals surface area contributed by atoms with Crippen LogP contribution in [-0.4, -0.2) is 13.1 Å². The van der Waals surface area contributed by atoms with Crippen LogP contribution in [0.1, 0.15) is 0 Å². The largest absolute Gasteiger partial charge is 0.456 e. The Labute approximate surface area is 152 Å². The standard InChI is InChI=1S/C23H17NOSi/c1-26(2)19-9-5-8-17-21(19)22-18(25-17)10-11-24-23(22)16-12-14-6-3-4-7-15(14)13-20(16)26/h3-13H,1-2H3. The highest BCUT2D eigenvalue weighted by Gasteiger charge is 2.36. The van der Waals surface area contributed by atoms with Crippen LogP contribution in [0.3, 0.4) is 0 Å². The van der Waals surface area contributed by atoms with Crippen LogP contribution < -0.4 is 10.4 Å². The number of aromatic nitrogens is 1. The smallest absolute Gasteiger partial charge is 0.139 e. The lowest BCUT2D eigenvalue weighted by Gasteiger charge is -2.26. The van der Waals surface area contributed by atoms with Gasteiger partial charge in [-0.15, -0.1) is 0 Å². The molecule has 1 aliphatic heterocycles. The third kappa shape index (κ3) is 1.64. The van der Waals surface area contributed by atoms with E-state index in [0.717, 1.165) is 16.9 Å². The predicted molar refractivity (Wildman–Crippen MR) is 111 cm³/mol. The average Bonchev–Trinajstić information content (AvgIpc) is 3.02. The number of hydrogen-bond donors (Lipinski definition) is 0. The van der Waals surface area contributed by atoms with E-state index in [1.165, 1.54) is 37.5 Å². The highest BCUT2D eigenvalue weighted by molar-refractivity contribution is 7.03. The Hall–Kier alpha value is -2.91. The van der Waals surface area contributed by atoms with Crippen LogP contribution in [0.4, 0.5) is 0 Å². The molecule has 5 aromatic rings. The van der Waals surface area contributed by atoms with E-state index in [9.17, 15) is 0 Å². The van der Waals surface area contributed by atoms with E-state index in [-0.39, 0.29) is 0 Å². The van der Waals surface area contributed by atoms with Crippen molar-refractivity contribution < 1.29 is 4.42 Å². The maximum Gasteiger partial charge on any atom is 0.139 e. The summed E-state index contributed by atoms with van der Waals surface area (Å²) in [5, 5.41) is 7.91. The first-order chi connectivity index (χ1) is 12.6. The molecule has 3 heteroatoms. The maximum absolute atomic E-state index is 6.19. The van der Waals surface area contributed by atoms with E-state index in [1.54, 1.807) is 0 Å². The van der Waals surface area contributed by atoms with E-state index in [0.29, 0.717) is 0 Å². The van der Waals surface area contributed by atoms with Crippen LogP contribution in [0.5, 0.6) is 0 Å². The molecular weight excluding hydrogens is 334 g/mol. The Morgan fingerprint density at radius 2 is 1.54 bits per heavy atom.